The van der Waals surface area contributed by atoms with Crippen LogP contribution in [0.25, 0.3) is 0 Å². The molecule has 0 bridgehead atoms. The average molecular weight is 512 g/mol. The van der Waals surface area contributed by atoms with Crippen molar-refractivity contribution in [1.82, 2.24) is 15.5 Å². The lowest BCUT2D eigenvalue weighted by Gasteiger charge is -2.24. The van der Waals surface area contributed by atoms with E-state index in [1.54, 1.807) is 12.1 Å². The molecule has 1 saturated heterocycles. The molecule has 6 nitrogen and oxygen atoms in total. The zero-order valence-electron chi connectivity index (χ0n) is 16.7. The maximum Gasteiger partial charge on any atom is 0.387 e. The van der Waals surface area contributed by atoms with E-state index in [4.69, 9.17) is 4.74 Å². The fraction of sp³-hybridized carbons (Fsp3) is 0.632. The Labute approximate surface area is 183 Å². The second-order valence-corrected chi connectivity index (χ2v) is 6.35. The van der Waals surface area contributed by atoms with Gasteiger partial charge in [-0.05, 0) is 51.1 Å². The van der Waals surface area contributed by atoms with Gasteiger partial charge < -0.3 is 20.1 Å². The van der Waals surface area contributed by atoms with Gasteiger partial charge in [0.15, 0.2) is 5.96 Å². The van der Waals surface area contributed by atoms with Crippen LogP contribution < -0.4 is 20.1 Å². The molecular weight excluding hydrogens is 481 g/mol. The van der Waals surface area contributed by atoms with Crippen LogP contribution in [0.4, 0.5) is 8.78 Å². The Morgan fingerprint density at radius 2 is 2.11 bits per heavy atom. The second kappa shape index (κ2) is 13.0. The van der Waals surface area contributed by atoms with E-state index in [1.165, 1.54) is 26.0 Å². The minimum absolute atomic E-state index is 0. The van der Waals surface area contributed by atoms with Crippen LogP contribution >= 0.6 is 24.0 Å². The van der Waals surface area contributed by atoms with Crippen LogP contribution in [0.1, 0.15) is 32.3 Å². The number of hydrogen-bond acceptors (Lipinski definition) is 4. The normalized spacial score (nSPS) is 17.4. The average Bonchev–Trinajstić information content (AvgIpc) is 3.12. The van der Waals surface area contributed by atoms with Crippen LogP contribution in [-0.2, 0) is 6.54 Å². The van der Waals surface area contributed by atoms with Crippen molar-refractivity contribution in [3.05, 3.63) is 23.8 Å². The Bertz CT molecular complexity index is 620. The van der Waals surface area contributed by atoms with Gasteiger partial charge in [0, 0.05) is 24.7 Å². The van der Waals surface area contributed by atoms with Gasteiger partial charge in [-0.1, -0.05) is 6.92 Å². The molecule has 0 aliphatic carbocycles. The van der Waals surface area contributed by atoms with E-state index < -0.39 is 6.61 Å². The molecule has 1 atom stereocenters. The standard InChI is InChI=1S/C19H30F2N4O2.HI/c1-4-22-19(24-13-15-7-6-10-25(15)5-2)23-12-14-11-16(26-3)8-9-17(14)27-18(20)21;/h8-9,11,15,18H,4-7,10,12-13H2,1-3H3,(H2,22,23,24);1H. The number of alkyl halides is 2. The molecule has 2 N–H and O–H groups in total. The van der Waals surface area contributed by atoms with Crippen molar-refractivity contribution in [1.29, 1.82) is 0 Å². The van der Waals surface area contributed by atoms with Crippen molar-refractivity contribution in [2.24, 2.45) is 4.99 Å². The van der Waals surface area contributed by atoms with E-state index in [-0.39, 0.29) is 36.3 Å². The molecule has 1 aromatic rings. The molecular formula is C19H31F2IN4O2. The number of guanidine groups is 1. The maximum atomic E-state index is 12.6. The topological polar surface area (TPSA) is 58.1 Å². The van der Waals surface area contributed by atoms with Crippen molar-refractivity contribution in [2.45, 2.75) is 45.9 Å². The summed E-state index contributed by atoms with van der Waals surface area (Å²) in [5.74, 6) is 1.34. The summed E-state index contributed by atoms with van der Waals surface area (Å²) in [5, 5.41) is 6.56. The number of likely N-dealkylation sites (N-methyl/N-ethyl adjacent to an activating group) is 1. The van der Waals surface area contributed by atoms with Crippen molar-refractivity contribution in [2.75, 3.05) is 33.3 Å². The number of hydrogen-bond donors (Lipinski definition) is 2. The summed E-state index contributed by atoms with van der Waals surface area (Å²) >= 11 is 0. The number of nitrogens with one attached hydrogen (secondary N) is 2. The molecule has 1 unspecified atom stereocenters. The van der Waals surface area contributed by atoms with Crippen molar-refractivity contribution < 1.29 is 18.3 Å². The largest absolute Gasteiger partial charge is 0.497 e. The second-order valence-electron chi connectivity index (χ2n) is 6.35. The van der Waals surface area contributed by atoms with Gasteiger partial charge in [-0.2, -0.15) is 8.78 Å². The number of methoxy groups -OCH3 is 1. The first-order chi connectivity index (χ1) is 13.1. The van der Waals surface area contributed by atoms with Crippen molar-refractivity contribution in [3.8, 4) is 11.5 Å². The number of aliphatic imine (C=N–C) groups is 1. The molecule has 1 heterocycles. The van der Waals surface area contributed by atoms with Crippen LogP contribution in [0.2, 0.25) is 0 Å². The minimum Gasteiger partial charge on any atom is -0.497 e. The molecule has 9 heteroatoms. The molecule has 2 rings (SSSR count). The molecule has 1 aliphatic heterocycles. The Balaban J connectivity index is 0.00000392. The highest BCUT2D eigenvalue weighted by Gasteiger charge is 2.22. The van der Waals surface area contributed by atoms with E-state index in [9.17, 15) is 8.78 Å². The Morgan fingerprint density at radius 1 is 1.32 bits per heavy atom. The Hall–Kier alpha value is -1.36. The fourth-order valence-corrected chi connectivity index (χ4v) is 3.28. The number of benzene rings is 1. The quantitative estimate of drug-likeness (QED) is 0.302. The monoisotopic (exact) mass is 512 g/mol. The minimum atomic E-state index is -2.88. The highest BCUT2D eigenvalue weighted by Crippen LogP contribution is 2.26. The van der Waals surface area contributed by atoms with Crippen molar-refractivity contribution >= 4 is 29.9 Å². The van der Waals surface area contributed by atoms with Crippen LogP contribution in [0.15, 0.2) is 23.2 Å². The molecule has 0 radical (unpaired) electrons. The third kappa shape index (κ3) is 7.57. The molecule has 0 amide bonds. The van der Waals surface area contributed by atoms with E-state index in [2.05, 4.69) is 32.2 Å². The number of halogens is 3. The summed E-state index contributed by atoms with van der Waals surface area (Å²) in [5.41, 5.74) is 0.544. The summed E-state index contributed by atoms with van der Waals surface area (Å²) in [6, 6.07) is 5.23. The van der Waals surface area contributed by atoms with Gasteiger partial charge in [0.25, 0.3) is 0 Å². The maximum absolute atomic E-state index is 12.6. The highest BCUT2D eigenvalue weighted by atomic mass is 127. The lowest BCUT2D eigenvalue weighted by Crippen LogP contribution is -2.44. The lowest BCUT2D eigenvalue weighted by molar-refractivity contribution is -0.0504. The molecule has 1 fully saturated rings. The zero-order valence-corrected chi connectivity index (χ0v) is 19.0. The first-order valence-corrected chi connectivity index (χ1v) is 9.45. The van der Waals surface area contributed by atoms with E-state index in [1.807, 2.05) is 6.92 Å². The van der Waals surface area contributed by atoms with Gasteiger partial charge in [-0.3, -0.25) is 4.90 Å². The third-order valence-corrected chi connectivity index (χ3v) is 4.65. The zero-order chi connectivity index (χ0) is 19.6. The molecule has 1 aromatic carbocycles. The first kappa shape index (κ1) is 24.7. The van der Waals surface area contributed by atoms with E-state index >= 15 is 0 Å². The molecule has 160 valence electrons. The predicted molar refractivity (Wildman–Crippen MR) is 118 cm³/mol. The van der Waals surface area contributed by atoms with E-state index in [0.29, 0.717) is 29.9 Å². The van der Waals surface area contributed by atoms with Crippen LogP contribution in [0.5, 0.6) is 11.5 Å². The lowest BCUT2D eigenvalue weighted by atomic mass is 10.2. The van der Waals surface area contributed by atoms with Gasteiger partial charge in [-0.15, -0.1) is 24.0 Å². The molecule has 28 heavy (non-hydrogen) atoms. The first-order valence-electron chi connectivity index (χ1n) is 9.45. The predicted octanol–water partition coefficient (Wildman–Crippen LogP) is 3.45. The van der Waals surface area contributed by atoms with Crippen LogP contribution in [0.3, 0.4) is 0 Å². The summed E-state index contributed by atoms with van der Waals surface area (Å²) in [7, 11) is 1.53. The number of rotatable bonds is 9. The van der Waals surface area contributed by atoms with Gasteiger partial charge >= 0.3 is 6.61 Å². The Morgan fingerprint density at radius 3 is 2.75 bits per heavy atom. The molecule has 1 aliphatic rings. The highest BCUT2D eigenvalue weighted by molar-refractivity contribution is 14.0. The van der Waals surface area contributed by atoms with Gasteiger partial charge in [0.1, 0.15) is 11.5 Å². The third-order valence-electron chi connectivity index (χ3n) is 4.65. The number of ether oxygens (including phenoxy) is 2. The molecule has 0 aromatic heterocycles. The van der Waals surface area contributed by atoms with Crippen LogP contribution in [-0.4, -0.2) is 56.8 Å². The molecule has 0 spiro atoms. The van der Waals surface area contributed by atoms with Gasteiger partial charge in [0.05, 0.1) is 13.7 Å². The summed E-state index contributed by atoms with van der Waals surface area (Å²) in [6.07, 6.45) is 2.38. The number of nitrogens with zero attached hydrogens (tertiary/aromatic N) is 2. The SMILES string of the molecule is CCNC(=NCc1cc(OC)ccc1OC(F)F)NCC1CCCN1CC.I. The van der Waals surface area contributed by atoms with Gasteiger partial charge in [0.2, 0.25) is 0 Å². The van der Waals surface area contributed by atoms with Crippen molar-refractivity contribution in [3.63, 3.8) is 0 Å². The summed E-state index contributed by atoms with van der Waals surface area (Å²) < 4.78 is 35.1. The van der Waals surface area contributed by atoms with E-state index in [0.717, 1.165) is 19.6 Å². The summed E-state index contributed by atoms with van der Waals surface area (Å²) in [4.78, 5) is 6.99. The fourth-order valence-electron chi connectivity index (χ4n) is 3.28. The number of likely N-dealkylation sites (tertiary alicyclic amines) is 1. The van der Waals surface area contributed by atoms with Crippen LogP contribution in [0, 0.1) is 0 Å². The smallest absolute Gasteiger partial charge is 0.387 e. The Kier molecular flexibility index (Phi) is 11.4. The molecule has 0 saturated carbocycles. The van der Waals surface area contributed by atoms with Gasteiger partial charge in [-0.25, -0.2) is 4.99 Å². The summed E-state index contributed by atoms with van der Waals surface area (Å²) in [6.45, 7) is 5.18.